The zero-order valence-electron chi connectivity index (χ0n) is 12.7. The summed E-state index contributed by atoms with van der Waals surface area (Å²) in [5, 5.41) is 5.62. The van der Waals surface area contributed by atoms with E-state index in [9.17, 15) is 13.6 Å². The fourth-order valence-electron chi connectivity index (χ4n) is 1.95. The molecule has 0 spiro atoms. The van der Waals surface area contributed by atoms with Gasteiger partial charge in [0.05, 0.1) is 6.61 Å². The van der Waals surface area contributed by atoms with Crippen LogP contribution in [0.3, 0.4) is 0 Å². The third-order valence-electron chi connectivity index (χ3n) is 3.05. The van der Waals surface area contributed by atoms with Crippen LogP contribution in [0.5, 0.6) is 5.75 Å². The molecule has 6 heteroatoms. The number of halogens is 2. The lowest BCUT2D eigenvalue weighted by atomic mass is 10.2. The van der Waals surface area contributed by atoms with Crippen molar-refractivity contribution in [3.8, 4) is 5.75 Å². The summed E-state index contributed by atoms with van der Waals surface area (Å²) < 4.78 is 31.2. The van der Waals surface area contributed by atoms with Crippen molar-refractivity contribution in [2.24, 2.45) is 0 Å². The molecule has 0 radical (unpaired) electrons. The molecule has 122 valence electrons. The van der Waals surface area contributed by atoms with E-state index in [-0.39, 0.29) is 18.0 Å². The molecule has 2 rings (SSSR count). The summed E-state index contributed by atoms with van der Waals surface area (Å²) in [7, 11) is 0. The highest BCUT2D eigenvalue weighted by molar-refractivity contribution is 5.90. The number of nitrogens with one attached hydrogen (secondary N) is 2. The number of benzene rings is 2. The quantitative estimate of drug-likeness (QED) is 0.816. The van der Waals surface area contributed by atoms with Crippen molar-refractivity contribution in [2.45, 2.75) is 13.3 Å². The molecule has 4 nitrogen and oxygen atoms in total. The molecule has 2 N–H and O–H groups in total. The van der Waals surface area contributed by atoms with Gasteiger partial charge in [0.2, 0.25) is 5.91 Å². The van der Waals surface area contributed by atoms with E-state index in [4.69, 9.17) is 4.74 Å². The van der Waals surface area contributed by atoms with Crippen LogP contribution in [0.15, 0.2) is 42.5 Å². The van der Waals surface area contributed by atoms with Gasteiger partial charge in [-0.1, -0.05) is 0 Å². The largest absolute Gasteiger partial charge is 0.494 e. The monoisotopic (exact) mass is 320 g/mol. The highest BCUT2D eigenvalue weighted by atomic mass is 19.2. The zero-order valence-corrected chi connectivity index (χ0v) is 12.7. The second kappa shape index (κ2) is 8.12. The van der Waals surface area contributed by atoms with E-state index in [0.29, 0.717) is 13.2 Å². The van der Waals surface area contributed by atoms with E-state index in [2.05, 4.69) is 10.6 Å². The average molecular weight is 320 g/mol. The van der Waals surface area contributed by atoms with Gasteiger partial charge in [-0.2, -0.15) is 0 Å². The maximum absolute atomic E-state index is 13.0. The molecule has 2 aromatic rings. The van der Waals surface area contributed by atoms with Crippen LogP contribution in [0.2, 0.25) is 0 Å². The average Bonchev–Trinajstić information content (AvgIpc) is 2.53. The van der Waals surface area contributed by atoms with Gasteiger partial charge in [0.15, 0.2) is 11.6 Å². The van der Waals surface area contributed by atoms with Crippen LogP contribution in [-0.4, -0.2) is 19.1 Å². The minimum atomic E-state index is -0.990. The normalized spacial score (nSPS) is 10.2. The minimum Gasteiger partial charge on any atom is -0.494 e. The number of ether oxygens (including phenoxy) is 1. The highest BCUT2D eigenvalue weighted by Crippen LogP contribution is 2.16. The second-order valence-electron chi connectivity index (χ2n) is 4.81. The molecule has 0 aliphatic rings. The molecular weight excluding hydrogens is 302 g/mol. The first-order valence-electron chi connectivity index (χ1n) is 7.30. The van der Waals surface area contributed by atoms with Gasteiger partial charge in [0, 0.05) is 30.4 Å². The van der Waals surface area contributed by atoms with Gasteiger partial charge in [-0.15, -0.1) is 0 Å². The van der Waals surface area contributed by atoms with Crippen molar-refractivity contribution in [1.82, 2.24) is 0 Å². The predicted octanol–water partition coefficient (Wildman–Crippen LogP) is 3.80. The molecule has 23 heavy (non-hydrogen) atoms. The van der Waals surface area contributed by atoms with Gasteiger partial charge in [-0.25, -0.2) is 8.78 Å². The molecule has 0 atom stereocenters. The molecule has 0 fully saturated rings. The molecule has 0 aliphatic heterocycles. The lowest BCUT2D eigenvalue weighted by molar-refractivity contribution is -0.115. The number of hydrogen-bond donors (Lipinski definition) is 2. The molecule has 0 unspecified atom stereocenters. The molecule has 1 amide bonds. The molecule has 0 aliphatic carbocycles. The summed E-state index contributed by atoms with van der Waals surface area (Å²) in [5.74, 6) is -1.43. The number of amides is 1. The van der Waals surface area contributed by atoms with Crippen LogP contribution in [0.1, 0.15) is 13.3 Å². The first-order valence-corrected chi connectivity index (χ1v) is 7.30. The number of rotatable bonds is 7. The van der Waals surface area contributed by atoms with E-state index < -0.39 is 11.6 Å². The smallest absolute Gasteiger partial charge is 0.226 e. The van der Waals surface area contributed by atoms with E-state index in [1.54, 1.807) is 0 Å². The van der Waals surface area contributed by atoms with Gasteiger partial charge < -0.3 is 15.4 Å². The first-order chi connectivity index (χ1) is 11.1. The topological polar surface area (TPSA) is 50.4 Å². The van der Waals surface area contributed by atoms with Crippen LogP contribution in [0.4, 0.5) is 20.2 Å². The molecule has 2 aromatic carbocycles. The fourth-order valence-corrected chi connectivity index (χ4v) is 1.95. The number of carbonyl (C=O) groups excluding carboxylic acids is 1. The second-order valence-corrected chi connectivity index (χ2v) is 4.81. The maximum Gasteiger partial charge on any atom is 0.226 e. The minimum absolute atomic E-state index is 0.201. The summed E-state index contributed by atoms with van der Waals surface area (Å²) in [4.78, 5) is 11.8. The Morgan fingerprint density at radius 3 is 2.39 bits per heavy atom. The fraction of sp³-hybridized carbons (Fsp3) is 0.235. The molecule has 0 saturated carbocycles. The van der Waals surface area contributed by atoms with E-state index in [1.165, 1.54) is 6.07 Å². The third kappa shape index (κ3) is 5.25. The van der Waals surface area contributed by atoms with Crippen molar-refractivity contribution in [3.05, 3.63) is 54.1 Å². The Bertz CT molecular complexity index is 660. The van der Waals surface area contributed by atoms with Crippen LogP contribution in [-0.2, 0) is 4.79 Å². The molecule has 0 heterocycles. The number of anilines is 2. The van der Waals surface area contributed by atoms with Crippen molar-refractivity contribution in [3.63, 3.8) is 0 Å². The Hall–Kier alpha value is -2.63. The molecule has 0 aromatic heterocycles. The van der Waals surface area contributed by atoms with Crippen molar-refractivity contribution >= 4 is 17.3 Å². The van der Waals surface area contributed by atoms with Crippen molar-refractivity contribution < 1.29 is 18.3 Å². The Morgan fingerprint density at radius 2 is 1.74 bits per heavy atom. The lowest BCUT2D eigenvalue weighted by Gasteiger charge is -2.09. The maximum atomic E-state index is 13.0. The lowest BCUT2D eigenvalue weighted by Crippen LogP contribution is -2.16. The summed E-state index contributed by atoms with van der Waals surface area (Å²) >= 11 is 0. The van der Waals surface area contributed by atoms with E-state index >= 15 is 0 Å². The van der Waals surface area contributed by atoms with Gasteiger partial charge in [0.25, 0.3) is 0 Å². The summed E-state index contributed by atoms with van der Waals surface area (Å²) in [6.07, 6.45) is 0.201. The summed E-state index contributed by atoms with van der Waals surface area (Å²) in [6, 6.07) is 10.6. The highest BCUT2D eigenvalue weighted by Gasteiger charge is 2.06. The van der Waals surface area contributed by atoms with Crippen LogP contribution in [0, 0.1) is 11.6 Å². The Balaban J connectivity index is 1.76. The standard InChI is InChI=1S/C17H18F2N2O2/c1-2-23-14-6-3-12(4-7-14)20-10-9-17(22)21-13-5-8-15(18)16(19)11-13/h3-8,11,20H,2,9-10H2,1H3,(H,21,22). The van der Waals surface area contributed by atoms with Crippen LogP contribution in [0.25, 0.3) is 0 Å². The van der Waals surface area contributed by atoms with Gasteiger partial charge in [0.1, 0.15) is 5.75 Å². The van der Waals surface area contributed by atoms with Gasteiger partial charge >= 0.3 is 0 Å². The Morgan fingerprint density at radius 1 is 1.04 bits per heavy atom. The van der Waals surface area contributed by atoms with Gasteiger partial charge in [-0.3, -0.25) is 4.79 Å². The van der Waals surface area contributed by atoms with Crippen LogP contribution >= 0.6 is 0 Å². The summed E-state index contributed by atoms with van der Waals surface area (Å²) in [5.41, 5.74) is 1.10. The Kier molecular flexibility index (Phi) is 5.91. The zero-order chi connectivity index (χ0) is 16.7. The number of carbonyl (C=O) groups is 1. The SMILES string of the molecule is CCOc1ccc(NCCC(=O)Nc2ccc(F)c(F)c2)cc1. The predicted molar refractivity (Wildman–Crippen MR) is 85.7 cm³/mol. The van der Waals surface area contributed by atoms with Crippen LogP contribution < -0.4 is 15.4 Å². The molecule has 0 bridgehead atoms. The number of hydrogen-bond acceptors (Lipinski definition) is 3. The van der Waals surface area contributed by atoms with Crippen molar-refractivity contribution in [2.75, 3.05) is 23.8 Å². The van der Waals surface area contributed by atoms with Gasteiger partial charge in [-0.05, 0) is 43.3 Å². The summed E-state index contributed by atoms with van der Waals surface area (Å²) in [6.45, 7) is 2.94. The third-order valence-corrected chi connectivity index (χ3v) is 3.05. The molecular formula is C17H18F2N2O2. The van der Waals surface area contributed by atoms with Crippen molar-refractivity contribution in [1.29, 1.82) is 0 Å². The first kappa shape index (κ1) is 16.7. The Labute approximate surface area is 133 Å². The van der Waals surface area contributed by atoms with E-state index in [0.717, 1.165) is 23.6 Å². The van der Waals surface area contributed by atoms with E-state index in [1.807, 2.05) is 31.2 Å². The molecule has 0 saturated heterocycles.